The lowest BCUT2D eigenvalue weighted by atomic mass is 10.0. The van der Waals surface area contributed by atoms with Gasteiger partial charge in [-0.25, -0.2) is 0 Å². The van der Waals surface area contributed by atoms with Gasteiger partial charge < -0.3 is 14.9 Å². The molecule has 2 N–H and O–H groups in total. The molecule has 1 aliphatic rings. The van der Waals surface area contributed by atoms with E-state index >= 15 is 0 Å². The normalized spacial score (nSPS) is 14.3. The molecule has 0 unspecified atom stereocenters. The second-order valence-corrected chi connectivity index (χ2v) is 14.8. The molecule has 0 aliphatic carbocycles. The number of carbonyl (C=O) groups is 1. The first-order chi connectivity index (χ1) is 23.5. The zero-order chi connectivity index (χ0) is 34.0. The highest BCUT2D eigenvalue weighted by atomic mass is 32.1. The lowest BCUT2D eigenvalue weighted by Crippen LogP contribution is -2.48. The Morgan fingerprint density at radius 1 is 0.625 bits per heavy atom. The van der Waals surface area contributed by atoms with Crippen LogP contribution in [-0.2, 0) is 11.2 Å². The highest BCUT2D eigenvalue weighted by molar-refractivity contribution is 7.12. The number of thiophene rings is 1. The second-order valence-electron chi connectivity index (χ2n) is 13.6. The fraction of sp³-hybridized carbons (Fsp3) is 0.585. The van der Waals surface area contributed by atoms with Crippen molar-refractivity contribution in [2.75, 3.05) is 11.4 Å². The van der Waals surface area contributed by atoms with Crippen molar-refractivity contribution >= 4 is 34.6 Å². The summed E-state index contributed by atoms with van der Waals surface area (Å²) in [4.78, 5) is 49.8. The maximum Gasteiger partial charge on any atom is 0.273 e. The van der Waals surface area contributed by atoms with Gasteiger partial charge in [0.15, 0.2) is 0 Å². The molecule has 3 aromatic rings. The topological polar surface area (TPSA) is 86.0 Å². The summed E-state index contributed by atoms with van der Waals surface area (Å²) >= 11 is 1.65. The number of hydrogen-bond acceptors (Lipinski definition) is 4. The third kappa shape index (κ3) is 11.5. The van der Waals surface area contributed by atoms with Gasteiger partial charge in [0.25, 0.3) is 17.0 Å². The lowest BCUT2D eigenvalue weighted by Gasteiger charge is -2.16. The highest BCUT2D eigenvalue weighted by Crippen LogP contribution is 2.35. The smallest absolute Gasteiger partial charge is 0.273 e. The van der Waals surface area contributed by atoms with E-state index in [1.165, 1.54) is 120 Å². The van der Waals surface area contributed by atoms with Crippen molar-refractivity contribution in [3.05, 3.63) is 83.1 Å². The molecule has 7 heteroatoms. The van der Waals surface area contributed by atoms with Crippen LogP contribution >= 0.6 is 11.3 Å². The van der Waals surface area contributed by atoms with E-state index in [1.54, 1.807) is 22.3 Å². The van der Waals surface area contributed by atoms with Crippen molar-refractivity contribution in [1.82, 2.24) is 9.97 Å². The summed E-state index contributed by atoms with van der Waals surface area (Å²) in [5.74, 6) is -0.221. The third-order valence-corrected chi connectivity index (χ3v) is 10.7. The number of fused-ring (bicyclic) bond motifs is 1. The van der Waals surface area contributed by atoms with E-state index in [2.05, 4.69) is 29.9 Å². The Kier molecular flexibility index (Phi) is 16.5. The summed E-state index contributed by atoms with van der Waals surface area (Å²) in [5.41, 5.74) is 0.918. The number of H-pyrrole nitrogens is 2. The monoisotopic (exact) mass is 673 g/mol. The van der Waals surface area contributed by atoms with Gasteiger partial charge in [0.2, 0.25) is 0 Å². The molecule has 0 spiro atoms. The average molecular weight is 674 g/mol. The number of unbranched alkanes of at least 4 members (excludes halogenated alkanes) is 18. The molecule has 6 nitrogen and oxygen atoms in total. The third-order valence-electron chi connectivity index (χ3n) is 9.61. The first kappa shape index (κ1) is 37.6. The van der Waals surface area contributed by atoms with Crippen LogP contribution in [0.2, 0.25) is 0 Å². The number of aryl methyl sites for hydroxylation is 1. The molecule has 1 aliphatic heterocycles. The number of hydrogen-bond donors (Lipinski definition) is 2. The van der Waals surface area contributed by atoms with Crippen LogP contribution in [-0.4, -0.2) is 22.4 Å². The maximum absolute atomic E-state index is 13.7. The molecule has 3 heterocycles. The molecule has 0 saturated carbocycles. The number of nitrogens with zero attached hydrogens (tertiary/aromatic N) is 1. The minimum Gasteiger partial charge on any atom is -0.316 e. The minimum absolute atomic E-state index is 0.0352. The first-order valence-corrected chi connectivity index (χ1v) is 19.9. The Morgan fingerprint density at radius 3 is 1.81 bits per heavy atom. The molecule has 4 rings (SSSR count). The molecule has 1 amide bonds. The van der Waals surface area contributed by atoms with Crippen molar-refractivity contribution in [2.24, 2.45) is 0 Å². The van der Waals surface area contributed by atoms with Crippen LogP contribution in [0.5, 0.6) is 0 Å². The molecule has 2 aromatic heterocycles. The summed E-state index contributed by atoms with van der Waals surface area (Å²) in [5, 5.41) is 0.239. The summed E-state index contributed by atoms with van der Waals surface area (Å²) in [6.07, 6.45) is 28.3. The molecule has 0 radical (unpaired) electrons. The number of rotatable bonds is 23. The predicted molar refractivity (Wildman–Crippen MR) is 204 cm³/mol. The SMILES string of the molecule is CCCCCCCCCCCCCCCCN1C(=O)/C(=c2\[nH]c(=O)/c(=C/c3ccc(CCCCCCCC)s3)[nH]c2=O)c2ccccc21. The van der Waals surface area contributed by atoms with E-state index in [0.29, 0.717) is 12.1 Å². The van der Waals surface area contributed by atoms with E-state index in [-0.39, 0.29) is 22.2 Å². The fourth-order valence-electron chi connectivity index (χ4n) is 6.79. The van der Waals surface area contributed by atoms with Crippen molar-refractivity contribution in [3.63, 3.8) is 0 Å². The van der Waals surface area contributed by atoms with Gasteiger partial charge in [0, 0.05) is 21.9 Å². The molecule has 0 saturated heterocycles. The van der Waals surface area contributed by atoms with E-state index < -0.39 is 11.1 Å². The number of para-hydroxylation sites is 1. The summed E-state index contributed by atoms with van der Waals surface area (Å²) in [6.45, 7) is 5.10. The van der Waals surface area contributed by atoms with Gasteiger partial charge in [0.1, 0.15) is 10.7 Å². The van der Waals surface area contributed by atoms with Crippen molar-refractivity contribution < 1.29 is 4.79 Å². The number of anilines is 1. The maximum atomic E-state index is 13.7. The number of aromatic amines is 2. The van der Waals surface area contributed by atoms with Gasteiger partial charge >= 0.3 is 0 Å². The molecular formula is C41H59N3O3S. The van der Waals surface area contributed by atoms with Crippen LogP contribution in [0.15, 0.2) is 46.0 Å². The number of nitrogens with one attached hydrogen (secondary N) is 2. The molecule has 262 valence electrons. The van der Waals surface area contributed by atoms with Crippen LogP contribution in [0, 0.1) is 0 Å². The van der Waals surface area contributed by atoms with Gasteiger partial charge in [-0.2, -0.15) is 0 Å². The highest BCUT2D eigenvalue weighted by Gasteiger charge is 2.33. The van der Waals surface area contributed by atoms with Crippen molar-refractivity contribution in [1.29, 1.82) is 0 Å². The van der Waals surface area contributed by atoms with E-state index in [4.69, 9.17) is 0 Å². The Labute approximate surface area is 291 Å². The van der Waals surface area contributed by atoms with Crippen LogP contribution in [0.1, 0.15) is 158 Å². The van der Waals surface area contributed by atoms with Gasteiger partial charge in [0.05, 0.1) is 11.3 Å². The van der Waals surface area contributed by atoms with Gasteiger partial charge in [-0.3, -0.25) is 14.4 Å². The van der Waals surface area contributed by atoms with Gasteiger partial charge in [-0.1, -0.05) is 148 Å². The molecule has 1 aromatic carbocycles. The fourth-order valence-corrected chi connectivity index (χ4v) is 7.79. The summed E-state index contributed by atoms with van der Waals surface area (Å²) < 4.78 is 0. The van der Waals surface area contributed by atoms with Crippen LogP contribution in [0.25, 0.3) is 11.6 Å². The second kappa shape index (κ2) is 21.0. The first-order valence-electron chi connectivity index (χ1n) is 19.1. The van der Waals surface area contributed by atoms with Crippen molar-refractivity contribution in [2.45, 2.75) is 149 Å². The summed E-state index contributed by atoms with van der Waals surface area (Å²) in [7, 11) is 0. The van der Waals surface area contributed by atoms with E-state index in [1.807, 2.05) is 30.3 Å². The number of amides is 1. The Bertz CT molecular complexity index is 1650. The Balaban J connectivity index is 1.31. The molecule has 48 heavy (non-hydrogen) atoms. The predicted octanol–water partition coefficient (Wildman–Crippen LogP) is 8.88. The van der Waals surface area contributed by atoms with Gasteiger partial charge in [-0.15, -0.1) is 11.3 Å². The van der Waals surface area contributed by atoms with E-state index in [0.717, 1.165) is 29.8 Å². The zero-order valence-corrected chi connectivity index (χ0v) is 30.5. The average Bonchev–Trinajstić information content (AvgIpc) is 3.65. The molecular weight excluding hydrogens is 615 g/mol. The standard InChI is InChI=1S/C41H59N3O3S/c1-3-5-7-9-11-12-13-14-15-16-17-18-20-24-30-44-36-27-23-22-26-34(36)37(41(44)47)38-40(46)42-35(39(45)43-38)31-33-29-28-32(48-33)25-21-19-10-8-6-4-2/h22-23,26-29,31H,3-21,24-25,30H2,1-2H3,(H,42,46)(H,43,45)/b35-31-,38-37-. The largest absolute Gasteiger partial charge is 0.316 e. The lowest BCUT2D eigenvalue weighted by molar-refractivity contribution is -0.113. The Hall–Kier alpha value is -3.19. The summed E-state index contributed by atoms with van der Waals surface area (Å²) in [6, 6.07) is 11.7. The number of aromatic nitrogens is 2. The van der Waals surface area contributed by atoms with Gasteiger partial charge in [-0.05, 0) is 43.5 Å². The molecule has 0 atom stereocenters. The van der Waals surface area contributed by atoms with Crippen LogP contribution in [0.4, 0.5) is 5.69 Å². The minimum atomic E-state index is -0.457. The van der Waals surface area contributed by atoms with Crippen LogP contribution in [0.3, 0.4) is 0 Å². The van der Waals surface area contributed by atoms with Crippen LogP contribution < -0.4 is 26.7 Å². The number of carbonyl (C=O) groups excluding carboxylic acids is 1. The quantitative estimate of drug-likeness (QED) is 0.0987. The molecule has 0 bridgehead atoms. The van der Waals surface area contributed by atoms with Crippen molar-refractivity contribution in [3.8, 4) is 0 Å². The Morgan fingerprint density at radius 2 is 1.19 bits per heavy atom. The number of benzene rings is 1. The molecule has 0 fully saturated rings. The zero-order valence-electron chi connectivity index (χ0n) is 29.7. The van der Waals surface area contributed by atoms with E-state index in [9.17, 15) is 14.4 Å².